The molecule has 2 aromatic rings. The Hall–Kier alpha value is -1.49. The van der Waals surface area contributed by atoms with Crippen molar-refractivity contribution in [2.75, 3.05) is 0 Å². The van der Waals surface area contributed by atoms with Gasteiger partial charge in [-0.15, -0.1) is 11.3 Å². The van der Waals surface area contributed by atoms with Gasteiger partial charge in [-0.25, -0.2) is 9.97 Å². The lowest BCUT2D eigenvalue weighted by molar-refractivity contribution is 0.0941. The lowest BCUT2D eigenvalue weighted by atomic mass is 10.1. The Kier molecular flexibility index (Phi) is 3.40. The van der Waals surface area contributed by atoms with Gasteiger partial charge < -0.3 is 5.32 Å². The van der Waals surface area contributed by atoms with Gasteiger partial charge in [0.1, 0.15) is 10.7 Å². The molecule has 116 valence electrons. The van der Waals surface area contributed by atoms with Crippen molar-refractivity contribution >= 4 is 27.5 Å². The lowest BCUT2D eigenvalue weighted by Gasteiger charge is -2.11. The smallest absolute Gasteiger partial charge is 0.261 e. The summed E-state index contributed by atoms with van der Waals surface area (Å²) >= 11 is 1.53. The van der Waals surface area contributed by atoms with E-state index in [0.29, 0.717) is 12.0 Å². The van der Waals surface area contributed by atoms with Crippen LogP contribution in [0.2, 0.25) is 0 Å². The summed E-state index contributed by atoms with van der Waals surface area (Å²) in [6, 6.07) is 0.353. The van der Waals surface area contributed by atoms with Crippen LogP contribution in [0.15, 0.2) is 0 Å². The fourth-order valence-corrected chi connectivity index (χ4v) is 4.56. The van der Waals surface area contributed by atoms with Crippen LogP contribution in [0.25, 0.3) is 10.2 Å². The monoisotopic (exact) mass is 315 g/mol. The third kappa shape index (κ3) is 2.41. The fourth-order valence-electron chi connectivity index (χ4n) is 3.42. The summed E-state index contributed by atoms with van der Waals surface area (Å²) in [5, 5.41) is 4.26. The van der Waals surface area contributed by atoms with Crippen LogP contribution in [-0.4, -0.2) is 21.9 Å². The van der Waals surface area contributed by atoms with Gasteiger partial charge in [-0.3, -0.25) is 4.79 Å². The number of amides is 1. The van der Waals surface area contributed by atoms with Crippen LogP contribution in [-0.2, 0) is 0 Å². The molecule has 5 heteroatoms. The molecule has 0 spiro atoms. The fraction of sp³-hybridized carbons (Fsp3) is 0.588. The molecule has 2 aromatic heterocycles. The van der Waals surface area contributed by atoms with E-state index in [1.165, 1.54) is 37.0 Å². The highest BCUT2D eigenvalue weighted by molar-refractivity contribution is 7.20. The number of fused-ring (bicyclic) bond motifs is 1. The Bertz CT molecular complexity index is 742. The third-order valence-corrected chi connectivity index (χ3v) is 6.01. The number of aryl methyl sites for hydroxylation is 2. The molecule has 4 rings (SSSR count). The first-order valence-corrected chi connectivity index (χ1v) is 9.03. The molecule has 2 aliphatic carbocycles. The first-order chi connectivity index (χ1) is 10.6. The highest BCUT2D eigenvalue weighted by Crippen LogP contribution is 2.40. The summed E-state index contributed by atoms with van der Waals surface area (Å²) in [5.74, 6) is 1.58. The van der Waals surface area contributed by atoms with Crippen molar-refractivity contribution < 1.29 is 4.79 Å². The van der Waals surface area contributed by atoms with Gasteiger partial charge in [0.25, 0.3) is 5.91 Å². The average Bonchev–Trinajstić information content (AvgIpc) is 3.12. The molecule has 2 heterocycles. The molecule has 0 aliphatic heterocycles. The van der Waals surface area contributed by atoms with Crippen LogP contribution in [0.1, 0.15) is 71.2 Å². The van der Waals surface area contributed by atoms with Crippen molar-refractivity contribution in [3.8, 4) is 0 Å². The SMILES string of the molecule is Cc1nc(C2CC2)nc2sc(C(=O)NC3CCCC3)c(C)c12. The third-order valence-electron chi connectivity index (χ3n) is 4.83. The number of hydrogen-bond donors (Lipinski definition) is 1. The maximum Gasteiger partial charge on any atom is 0.261 e. The van der Waals surface area contributed by atoms with Crippen molar-refractivity contribution in [1.29, 1.82) is 0 Å². The molecular weight excluding hydrogens is 294 g/mol. The number of nitrogens with one attached hydrogen (secondary N) is 1. The van der Waals surface area contributed by atoms with E-state index < -0.39 is 0 Å². The van der Waals surface area contributed by atoms with Crippen LogP contribution in [0, 0.1) is 13.8 Å². The molecular formula is C17H21N3OS. The Morgan fingerprint density at radius 3 is 2.55 bits per heavy atom. The first-order valence-electron chi connectivity index (χ1n) is 8.22. The Labute approximate surface area is 134 Å². The van der Waals surface area contributed by atoms with Crippen LogP contribution < -0.4 is 5.32 Å². The van der Waals surface area contributed by atoms with E-state index >= 15 is 0 Å². The van der Waals surface area contributed by atoms with Crippen molar-refractivity contribution in [3.05, 3.63) is 22.0 Å². The highest BCUT2D eigenvalue weighted by atomic mass is 32.1. The number of nitrogens with zero attached hydrogens (tertiary/aromatic N) is 2. The Morgan fingerprint density at radius 1 is 1.14 bits per heavy atom. The van der Waals surface area contributed by atoms with Gasteiger partial charge in [-0.1, -0.05) is 12.8 Å². The molecule has 0 radical (unpaired) electrons. The summed E-state index contributed by atoms with van der Waals surface area (Å²) in [7, 11) is 0. The summed E-state index contributed by atoms with van der Waals surface area (Å²) in [6.45, 7) is 4.06. The van der Waals surface area contributed by atoms with E-state index in [2.05, 4.69) is 10.3 Å². The zero-order valence-corrected chi connectivity index (χ0v) is 13.9. The molecule has 0 aromatic carbocycles. The molecule has 22 heavy (non-hydrogen) atoms. The predicted octanol–water partition coefficient (Wildman–Crippen LogP) is 3.86. The minimum Gasteiger partial charge on any atom is -0.349 e. The summed E-state index contributed by atoms with van der Waals surface area (Å²) in [4.78, 5) is 23.8. The molecule has 1 N–H and O–H groups in total. The van der Waals surface area contributed by atoms with Gasteiger partial charge in [-0.2, -0.15) is 0 Å². The normalized spacial score (nSPS) is 19.0. The molecule has 1 amide bonds. The summed E-state index contributed by atoms with van der Waals surface area (Å²) in [6.07, 6.45) is 7.08. The second-order valence-electron chi connectivity index (χ2n) is 6.63. The second kappa shape index (κ2) is 5.30. The van der Waals surface area contributed by atoms with E-state index in [-0.39, 0.29) is 5.91 Å². The topological polar surface area (TPSA) is 54.9 Å². The van der Waals surface area contributed by atoms with Crippen LogP contribution >= 0.6 is 11.3 Å². The number of carbonyl (C=O) groups excluding carboxylic acids is 1. The maximum absolute atomic E-state index is 12.6. The highest BCUT2D eigenvalue weighted by Gasteiger charge is 2.29. The van der Waals surface area contributed by atoms with Crippen LogP contribution in [0.5, 0.6) is 0 Å². The molecule has 4 nitrogen and oxygen atoms in total. The van der Waals surface area contributed by atoms with E-state index in [1.807, 2.05) is 13.8 Å². The first kappa shape index (κ1) is 14.1. The molecule has 0 bridgehead atoms. The Balaban J connectivity index is 1.69. The summed E-state index contributed by atoms with van der Waals surface area (Å²) in [5.41, 5.74) is 2.05. The average molecular weight is 315 g/mol. The van der Waals surface area contributed by atoms with Gasteiger partial charge in [0.2, 0.25) is 0 Å². The number of thiophene rings is 1. The zero-order valence-electron chi connectivity index (χ0n) is 13.1. The van der Waals surface area contributed by atoms with Crippen molar-refractivity contribution in [3.63, 3.8) is 0 Å². The van der Waals surface area contributed by atoms with E-state index in [9.17, 15) is 4.79 Å². The van der Waals surface area contributed by atoms with Gasteiger partial charge in [0.15, 0.2) is 0 Å². The quantitative estimate of drug-likeness (QED) is 0.935. The largest absolute Gasteiger partial charge is 0.349 e. The van der Waals surface area contributed by atoms with Crippen molar-refractivity contribution in [1.82, 2.24) is 15.3 Å². The minimum absolute atomic E-state index is 0.0692. The van der Waals surface area contributed by atoms with Gasteiger partial charge >= 0.3 is 0 Å². The number of aromatic nitrogens is 2. The zero-order chi connectivity index (χ0) is 15.3. The van der Waals surface area contributed by atoms with E-state index in [4.69, 9.17) is 4.98 Å². The summed E-state index contributed by atoms with van der Waals surface area (Å²) < 4.78 is 0. The Morgan fingerprint density at radius 2 is 1.86 bits per heavy atom. The number of carbonyl (C=O) groups is 1. The predicted molar refractivity (Wildman–Crippen MR) is 88.6 cm³/mol. The molecule has 2 fully saturated rings. The second-order valence-corrected chi connectivity index (χ2v) is 7.63. The van der Waals surface area contributed by atoms with Crippen molar-refractivity contribution in [2.24, 2.45) is 0 Å². The molecule has 2 saturated carbocycles. The van der Waals surface area contributed by atoms with Gasteiger partial charge in [0, 0.05) is 17.3 Å². The van der Waals surface area contributed by atoms with E-state index in [1.54, 1.807) is 0 Å². The minimum atomic E-state index is 0.0692. The number of hydrogen-bond acceptors (Lipinski definition) is 4. The van der Waals surface area contributed by atoms with Crippen molar-refractivity contribution in [2.45, 2.75) is 64.3 Å². The molecule has 0 saturated heterocycles. The lowest BCUT2D eigenvalue weighted by Crippen LogP contribution is -2.32. The van der Waals surface area contributed by atoms with Crippen LogP contribution in [0.4, 0.5) is 0 Å². The van der Waals surface area contributed by atoms with Crippen LogP contribution in [0.3, 0.4) is 0 Å². The molecule has 2 aliphatic rings. The molecule has 0 unspecified atom stereocenters. The van der Waals surface area contributed by atoms with E-state index in [0.717, 1.165) is 45.0 Å². The molecule has 0 atom stereocenters. The number of rotatable bonds is 3. The van der Waals surface area contributed by atoms with Gasteiger partial charge in [0.05, 0.1) is 10.6 Å². The standard InChI is InChI=1S/C17H21N3OS/c1-9-13-10(2)18-15(11-7-8-11)20-17(13)22-14(9)16(21)19-12-5-3-4-6-12/h11-12H,3-8H2,1-2H3,(H,19,21). The maximum atomic E-state index is 12.6. The van der Waals surface area contributed by atoms with Gasteiger partial charge in [-0.05, 0) is 45.1 Å².